The molecule has 1 atom stereocenters. The molecule has 1 aliphatic heterocycles. The highest BCUT2D eigenvalue weighted by molar-refractivity contribution is 6.31. The summed E-state index contributed by atoms with van der Waals surface area (Å²) in [6, 6.07) is 13.7. The van der Waals surface area contributed by atoms with Crippen LogP contribution >= 0.6 is 11.6 Å². The van der Waals surface area contributed by atoms with Gasteiger partial charge in [0.05, 0.1) is 7.11 Å². The Morgan fingerprint density at radius 2 is 1.89 bits per heavy atom. The van der Waals surface area contributed by atoms with E-state index < -0.39 is 6.10 Å². The number of nitrogens with one attached hydrogen (secondary N) is 1. The van der Waals surface area contributed by atoms with E-state index in [4.69, 9.17) is 21.1 Å². The van der Waals surface area contributed by atoms with Gasteiger partial charge in [-0.15, -0.1) is 0 Å². The van der Waals surface area contributed by atoms with Gasteiger partial charge in [0.2, 0.25) is 0 Å². The van der Waals surface area contributed by atoms with Gasteiger partial charge >= 0.3 is 0 Å². The SMILES string of the molecule is COc1ccc(CNCc2ccccc2Cl)cc1OCC(O)CN1CCCC1. The smallest absolute Gasteiger partial charge is 0.161 e. The quantitative estimate of drug-likeness (QED) is 0.635. The largest absolute Gasteiger partial charge is 0.493 e. The van der Waals surface area contributed by atoms with Crippen molar-refractivity contribution in [1.82, 2.24) is 10.2 Å². The fourth-order valence-electron chi connectivity index (χ4n) is 3.43. The first-order valence-electron chi connectivity index (χ1n) is 9.80. The number of nitrogens with zero attached hydrogens (tertiary/aromatic N) is 1. The molecule has 0 saturated carbocycles. The highest BCUT2D eigenvalue weighted by Gasteiger charge is 2.17. The van der Waals surface area contributed by atoms with Crippen molar-refractivity contribution in [3.63, 3.8) is 0 Å². The van der Waals surface area contributed by atoms with E-state index in [0.29, 0.717) is 31.1 Å². The molecule has 2 N–H and O–H groups in total. The van der Waals surface area contributed by atoms with Crippen LogP contribution in [0.5, 0.6) is 11.5 Å². The molecule has 1 heterocycles. The van der Waals surface area contributed by atoms with Gasteiger partial charge in [0.1, 0.15) is 12.7 Å². The number of aliphatic hydroxyl groups excluding tert-OH is 1. The lowest BCUT2D eigenvalue weighted by atomic mass is 10.2. The van der Waals surface area contributed by atoms with Crippen molar-refractivity contribution in [3.8, 4) is 11.5 Å². The molecule has 1 fully saturated rings. The first-order chi connectivity index (χ1) is 13.7. The number of β-amino-alcohol motifs (C(OH)–C–C–N with tert-alkyl or cyclic N) is 1. The maximum atomic E-state index is 10.3. The average molecular weight is 405 g/mol. The summed E-state index contributed by atoms with van der Waals surface area (Å²) in [7, 11) is 1.62. The molecular weight excluding hydrogens is 376 g/mol. The Labute approximate surface area is 172 Å². The van der Waals surface area contributed by atoms with Crippen molar-refractivity contribution in [3.05, 3.63) is 58.6 Å². The average Bonchev–Trinajstić information content (AvgIpc) is 3.21. The molecular formula is C22H29ClN2O3. The zero-order valence-electron chi connectivity index (χ0n) is 16.4. The van der Waals surface area contributed by atoms with Gasteiger partial charge in [-0.1, -0.05) is 35.9 Å². The number of ether oxygens (including phenoxy) is 2. The molecule has 5 nitrogen and oxygen atoms in total. The van der Waals surface area contributed by atoms with Crippen LogP contribution in [0.1, 0.15) is 24.0 Å². The Balaban J connectivity index is 1.52. The second-order valence-corrected chi connectivity index (χ2v) is 7.56. The molecule has 0 aromatic heterocycles. The number of rotatable bonds is 10. The summed E-state index contributed by atoms with van der Waals surface area (Å²) in [6.07, 6.45) is 1.92. The predicted molar refractivity (Wildman–Crippen MR) is 112 cm³/mol. The summed E-state index contributed by atoms with van der Waals surface area (Å²) in [5.74, 6) is 1.32. The van der Waals surface area contributed by atoms with Gasteiger partial charge in [0.25, 0.3) is 0 Å². The van der Waals surface area contributed by atoms with E-state index >= 15 is 0 Å². The van der Waals surface area contributed by atoms with Gasteiger partial charge in [-0.3, -0.25) is 0 Å². The summed E-state index contributed by atoms with van der Waals surface area (Å²) < 4.78 is 11.3. The Kier molecular flexibility index (Phi) is 7.98. The summed E-state index contributed by atoms with van der Waals surface area (Å²) in [4.78, 5) is 2.28. The van der Waals surface area contributed by atoms with Gasteiger partial charge < -0.3 is 24.8 Å². The van der Waals surface area contributed by atoms with Crippen LogP contribution in [-0.4, -0.2) is 49.5 Å². The highest BCUT2D eigenvalue weighted by Crippen LogP contribution is 2.28. The summed E-state index contributed by atoms with van der Waals surface area (Å²) in [5, 5.41) is 14.4. The van der Waals surface area contributed by atoms with E-state index in [-0.39, 0.29) is 6.61 Å². The van der Waals surface area contributed by atoms with Crippen molar-refractivity contribution in [2.24, 2.45) is 0 Å². The third-order valence-electron chi connectivity index (χ3n) is 4.93. The molecule has 0 aliphatic carbocycles. The Morgan fingerprint density at radius 3 is 2.64 bits per heavy atom. The number of hydrogen-bond acceptors (Lipinski definition) is 5. The van der Waals surface area contributed by atoms with Crippen LogP contribution in [0.25, 0.3) is 0 Å². The van der Waals surface area contributed by atoms with E-state index in [9.17, 15) is 5.11 Å². The van der Waals surface area contributed by atoms with Gasteiger partial charge in [0.15, 0.2) is 11.5 Å². The van der Waals surface area contributed by atoms with Crippen LogP contribution in [0.4, 0.5) is 0 Å². The van der Waals surface area contributed by atoms with Gasteiger partial charge in [-0.2, -0.15) is 0 Å². The first-order valence-corrected chi connectivity index (χ1v) is 10.2. The van der Waals surface area contributed by atoms with Crippen LogP contribution in [0, 0.1) is 0 Å². The number of likely N-dealkylation sites (tertiary alicyclic amines) is 1. The molecule has 0 amide bonds. The van der Waals surface area contributed by atoms with Crippen molar-refractivity contribution in [2.75, 3.05) is 33.4 Å². The number of benzene rings is 2. The van der Waals surface area contributed by atoms with Crippen molar-refractivity contribution in [1.29, 1.82) is 0 Å². The van der Waals surface area contributed by atoms with Gasteiger partial charge in [-0.25, -0.2) is 0 Å². The minimum Gasteiger partial charge on any atom is -0.493 e. The summed E-state index contributed by atoms with van der Waals surface area (Å²) in [5.41, 5.74) is 2.15. The third-order valence-corrected chi connectivity index (χ3v) is 5.30. The number of hydrogen-bond donors (Lipinski definition) is 2. The number of halogens is 1. The maximum Gasteiger partial charge on any atom is 0.161 e. The lowest BCUT2D eigenvalue weighted by Crippen LogP contribution is -2.33. The molecule has 0 spiro atoms. The zero-order valence-corrected chi connectivity index (χ0v) is 17.1. The lowest BCUT2D eigenvalue weighted by Gasteiger charge is -2.20. The second-order valence-electron chi connectivity index (χ2n) is 7.15. The normalized spacial score (nSPS) is 15.5. The minimum absolute atomic E-state index is 0.253. The predicted octanol–water partition coefficient (Wildman–Crippen LogP) is 3.47. The van der Waals surface area contributed by atoms with Crippen molar-refractivity contribution < 1.29 is 14.6 Å². The molecule has 0 radical (unpaired) electrons. The van der Waals surface area contributed by atoms with Gasteiger partial charge in [0, 0.05) is 24.7 Å². The highest BCUT2D eigenvalue weighted by atomic mass is 35.5. The van der Waals surface area contributed by atoms with Crippen molar-refractivity contribution in [2.45, 2.75) is 32.0 Å². The fraction of sp³-hybridized carbons (Fsp3) is 0.455. The van der Waals surface area contributed by atoms with E-state index in [1.165, 1.54) is 12.8 Å². The molecule has 2 aromatic carbocycles. The summed E-state index contributed by atoms with van der Waals surface area (Å²) >= 11 is 6.20. The van der Waals surface area contributed by atoms with E-state index in [1.807, 2.05) is 42.5 Å². The standard InChI is InChI=1S/C22H29ClN2O3/c1-27-21-9-8-17(13-24-14-18-6-2-3-7-20(18)23)12-22(21)28-16-19(26)15-25-10-4-5-11-25/h2-3,6-9,12,19,24,26H,4-5,10-11,13-16H2,1H3. The van der Waals surface area contributed by atoms with Crippen LogP contribution < -0.4 is 14.8 Å². The molecule has 3 rings (SSSR count). The van der Waals surface area contributed by atoms with E-state index in [0.717, 1.165) is 29.2 Å². The van der Waals surface area contributed by atoms with Gasteiger partial charge in [-0.05, 0) is 55.3 Å². The lowest BCUT2D eigenvalue weighted by molar-refractivity contribution is 0.0746. The fourth-order valence-corrected chi connectivity index (χ4v) is 3.63. The van der Waals surface area contributed by atoms with Crippen LogP contribution in [0.15, 0.2) is 42.5 Å². The second kappa shape index (κ2) is 10.7. The van der Waals surface area contributed by atoms with E-state index in [2.05, 4.69) is 10.2 Å². The third kappa shape index (κ3) is 6.11. The number of methoxy groups -OCH3 is 1. The molecule has 2 aromatic rings. The van der Waals surface area contributed by atoms with Crippen LogP contribution in [-0.2, 0) is 13.1 Å². The molecule has 28 heavy (non-hydrogen) atoms. The zero-order chi connectivity index (χ0) is 19.8. The van der Waals surface area contributed by atoms with Crippen molar-refractivity contribution >= 4 is 11.6 Å². The molecule has 6 heteroatoms. The Bertz CT molecular complexity index is 750. The molecule has 0 bridgehead atoms. The topological polar surface area (TPSA) is 54.0 Å². The van der Waals surface area contributed by atoms with E-state index in [1.54, 1.807) is 7.11 Å². The molecule has 1 aliphatic rings. The maximum absolute atomic E-state index is 10.3. The molecule has 152 valence electrons. The minimum atomic E-state index is -0.509. The number of aliphatic hydroxyl groups is 1. The molecule has 1 unspecified atom stereocenters. The van der Waals surface area contributed by atoms with Crippen LogP contribution in [0.2, 0.25) is 5.02 Å². The Morgan fingerprint density at radius 1 is 1.11 bits per heavy atom. The first kappa shape index (κ1) is 20.9. The molecule has 1 saturated heterocycles. The Hall–Kier alpha value is -1.79. The van der Waals surface area contributed by atoms with Crippen LogP contribution in [0.3, 0.4) is 0 Å². The summed E-state index contributed by atoms with van der Waals surface area (Å²) in [6.45, 7) is 4.41. The monoisotopic (exact) mass is 404 g/mol.